The van der Waals surface area contributed by atoms with Gasteiger partial charge in [-0.25, -0.2) is 0 Å². The average molecular weight is 277 g/mol. The zero-order valence-electron chi connectivity index (χ0n) is 12.3. The van der Waals surface area contributed by atoms with Gasteiger partial charge in [0.25, 0.3) is 0 Å². The molecular weight excluding hydrogens is 254 g/mol. The van der Waals surface area contributed by atoms with E-state index in [2.05, 4.69) is 24.0 Å². The molecule has 0 bridgehead atoms. The molecule has 0 aromatic carbocycles. The number of aromatic amines is 1. The monoisotopic (exact) mass is 277 g/mol. The number of rotatable bonds is 2. The number of amides is 1. The van der Waals surface area contributed by atoms with Crippen LogP contribution in [0.3, 0.4) is 0 Å². The topological polar surface area (TPSA) is 58.2 Å². The minimum atomic E-state index is -0.00963. The maximum atomic E-state index is 12.9. The maximum Gasteiger partial charge on any atom is 0.232 e. The predicted octanol–water partition coefficient (Wildman–Crippen LogP) is 2.14. The normalized spacial score (nSPS) is 26.6. The summed E-state index contributed by atoms with van der Waals surface area (Å²) < 4.78 is 5.86. The van der Waals surface area contributed by atoms with E-state index in [0.717, 1.165) is 50.2 Å². The summed E-state index contributed by atoms with van der Waals surface area (Å²) in [7, 11) is 0. The molecule has 3 rings (SSSR count). The Balaban J connectivity index is 1.82. The standard InChI is InChI=1S/C15H23N3O2/c1-10(2)14-11(5-4-8-20-14)15(19)18-7-3-6-12-13(18)9-16-17-12/h9-11,14H,3-8H2,1-2H3,(H,16,17)/t11-,14+/m1/s1. The fraction of sp³-hybridized carbons (Fsp3) is 0.733. The first-order valence-corrected chi connectivity index (χ1v) is 7.63. The van der Waals surface area contributed by atoms with Crippen LogP contribution in [0.5, 0.6) is 0 Å². The molecule has 3 heterocycles. The van der Waals surface area contributed by atoms with Crippen molar-refractivity contribution in [2.45, 2.75) is 45.6 Å². The van der Waals surface area contributed by atoms with Crippen LogP contribution in [0.1, 0.15) is 38.8 Å². The fourth-order valence-electron chi connectivity index (χ4n) is 3.41. The third-order valence-electron chi connectivity index (χ3n) is 4.40. The Morgan fingerprint density at radius 1 is 1.50 bits per heavy atom. The van der Waals surface area contributed by atoms with Gasteiger partial charge in [0.2, 0.25) is 5.91 Å². The molecule has 2 aliphatic heterocycles. The summed E-state index contributed by atoms with van der Waals surface area (Å²) in [6.45, 7) is 5.85. The molecule has 1 aromatic rings. The third kappa shape index (κ3) is 2.35. The van der Waals surface area contributed by atoms with Gasteiger partial charge in [0.05, 0.1) is 29.6 Å². The van der Waals surface area contributed by atoms with E-state index in [4.69, 9.17) is 4.74 Å². The van der Waals surface area contributed by atoms with Gasteiger partial charge in [-0.15, -0.1) is 0 Å². The number of nitrogens with zero attached hydrogens (tertiary/aromatic N) is 2. The van der Waals surface area contributed by atoms with E-state index in [1.807, 2.05) is 4.90 Å². The highest BCUT2D eigenvalue weighted by molar-refractivity contribution is 5.96. The van der Waals surface area contributed by atoms with Crippen molar-refractivity contribution in [2.75, 3.05) is 18.1 Å². The Hall–Kier alpha value is -1.36. The number of aromatic nitrogens is 2. The maximum absolute atomic E-state index is 12.9. The highest BCUT2D eigenvalue weighted by Gasteiger charge is 2.38. The molecule has 0 unspecified atom stereocenters. The molecule has 1 aromatic heterocycles. The molecule has 2 atom stereocenters. The van der Waals surface area contributed by atoms with Gasteiger partial charge in [0.15, 0.2) is 0 Å². The van der Waals surface area contributed by atoms with Gasteiger partial charge >= 0.3 is 0 Å². The van der Waals surface area contributed by atoms with Gasteiger partial charge in [-0.1, -0.05) is 13.8 Å². The van der Waals surface area contributed by atoms with Crippen LogP contribution in [-0.2, 0) is 16.0 Å². The molecule has 0 spiro atoms. The molecule has 1 amide bonds. The summed E-state index contributed by atoms with van der Waals surface area (Å²) in [5, 5.41) is 7.09. The molecule has 0 saturated carbocycles. The van der Waals surface area contributed by atoms with E-state index in [1.54, 1.807) is 6.20 Å². The summed E-state index contributed by atoms with van der Waals surface area (Å²) in [6, 6.07) is 0. The summed E-state index contributed by atoms with van der Waals surface area (Å²) in [6.07, 6.45) is 5.72. The second-order valence-electron chi connectivity index (χ2n) is 6.16. The van der Waals surface area contributed by atoms with Gasteiger partial charge in [0, 0.05) is 13.2 Å². The van der Waals surface area contributed by atoms with Crippen LogP contribution in [0.25, 0.3) is 0 Å². The number of carbonyl (C=O) groups is 1. The van der Waals surface area contributed by atoms with Crippen molar-refractivity contribution in [3.8, 4) is 0 Å². The molecule has 2 aliphatic rings. The molecule has 5 heteroatoms. The quantitative estimate of drug-likeness (QED) is 0.901. The minimum absolute atomic E-state index is 0.00963. The van der Waals surface area contributed by atoms with Crippen LogP contribution in [0.2, 0.25) is 0 Å². The molecular formula is C15H23N3O2. The highest BCUT2D eigenvalue weighted by atomic mass is 16.5. The largest absolute Gasteiger partial charge is 0.377 e. The van der Waals surface area contributed by atoms with Gasteiger partial charge in [-0.2, -0.15) is 5.10 Å². The summed E-state index contributed by atoms with van der Waals surface area (Å²) in [4.78, 5) is 14.8. The smallest absolute Gasteiger partial charge is 0.232 e. The lowest BCUT2D eigenvalue weighted by atomic mass is 9.86. The van der Waals surface area contributed by atoms with Crippen LogP contribution in [-0.4, -0.2) is 35.4 Å². The van der Waals surface area contributed by atoms with Gasteiger partial charge in [0.1, 0.15) is 0 Å². The number of H-pyrrole nitrogens is 1. The number of hydrogen-bond acceptors (Lipinski definition) is 3. The molecule has 0 aliphatic carbocycles. The van der Waals surface area contributed by atoms with Crippen LogP contribution < -0.4 is 4.90 Å². The Morgan fingerprint density at radius 3 is 3.15 bits per heavy atom. The van der Waals surface area contributed by atoms with Crippen LogP contribution in [0, 0.1) is 11.8 Å². The summed E-state index contributed by atoms with van der Waals surface area (Å²) >= 11 is 0. The summed E-state index contributed by atoms with van der Waals surface area (Å²) in [5.41, 5.74) is 2.05. The van der Waals surface area contributed by atoms with E-state index in [1.165, 1.54) is 0 Å². The van der Waals surface area contributed by atoms with Crippen molar-refractivity contribution in [1.29, 1.82) is 0 Å². The van der Waals surface area contributed by atoms with E-state index < -0.39 is 0 Å². The lowest BCUT2D eigenvalue weighted by molar-refractivity contribution is -0.134. The van der Waals surface area contributed by atoms with E-state index >= 15 is 0 Å². The Bertz CT molecular complexity index is 483. The van der Waals surface area contributed by atoms with Gasteiger partial charge in [-0.05, 0) is 31.6 Å². The zero-order chi connectivity index (χ0) is 14.1. The van der Waals surface area contributed by atoms with Crippen molar-refractivity contribution in [3.05, 3.63) is 11.9 Å². The SMILES string of the molecule is CC(C)[C@@H]1OCCC[C@H]1C(=O)N1CCCc2[nH]ncc21. The van der Waals surface area contributed by atoms with Crippen molar-refractivity contribution < 1.29 is 9.53 Å². The lowest BCUT2D eigenvalue weighted by Crippen LogP contribution is -2.47. The lowest BCUT2D eigenvalue weighted by Gasteiger charge is -2.37. The Labute approximate surface area is 119 Å². The fourth-order valence-corrected chi connectivity index (χ4v) is 3.41. The first-order valence-electron chi connectivity index (χ1n) is 7.63. The van der Waals surface area contributed by atoms with E-state index in [-0.39, 0.29) is 17.9 Å². The minimum Gasteiger partial charge on any atom is -0.377 e. The zero-order valence-corrected chi connectivity index (χ0v) is 12.3. The first kappa shape index (κ1) is 13.6. The van der Waals surface area contributed by atoms with Crippen molar-refractivity contribution in [3.63, 3.8) is 0 Å². The Morgan fingerprint density at radius 2 is 2.35 bits per heavy atom. The van der Waals surface area contributed by atoms with Crippen molar-refractivity contribution >= 4 is 11.6 Å². The van der Waals surface area contributed by atoms with Gasteiger partial charge < -0.3 is 9.64 Å². The number of aryl methyl sites for hydroxylation is 1. The molecule has 110 valence electrons. The number of anilines is 1. The third-order valence-corrected chi connectivity index (χ3v) is 4.40. The predicted molar refractivity (Wildman–Crippen MR) is 76.6 cm³/mol. The number of fused-ring (bicyclic) bond motifs is 1. The number of nitrogens with one attached hydrogen (secondary N) is 1. The highest BCUT2D eigenvalue weighted by Crippen LogP contribution is 2.32. The second kappa shape index (κ2) is 5.56. The molecule has 1 fully saturated rings. The molecule has 20 heavy (non-hydrogen) atoms. The molecule has 0 radical (unpaired) electrons. The first-order chi connectivity index (χ1) is 9.68. The molecule has 1 saturated heterocycles. The average Bonchev–Trinajstić information content (AvgIpc) is 2.94. The molecule has 5 nitrogen and oxygen atoms in total. The van der Waals surface area contributed by atoms with E-state index in [9.17, 15) is 4.79 Å². The number of hydrogen-bond donors (Lipinski definition) is 1. The van der Waals surface area contributed by atoms with Crippen LogP contribution >= 0.6 is 0 Å². The molecule has 1 N–H and O–H groups in total. The number of ether oxygens (including phenoxy) is 1. The van der Waals surface area contributed by atoms with Gasteiger partial charge in [-0.3, -0.25) is 9.89 Å². The van der Waals surface area contributed by atoms with Crippen molar-refractivity contribution in [1.82, 2.24) is 10.2 Å². The van der Waals surface area contributed by atoms with E-state index in [0.29, 0.717) is 5.92 Å². The van der Waals surface area contributed by atoms with Crippen LogP contribution in [0.4, 0.5) is 5.69 Å². The second-order valence-corrected chi connectivity index (χ2v) is 6.16. The van der Waals surface area contributed by atoms with Crippen LogP contribution in [0.15, 0.2) is 6.20 Å². The number of carbonyl (C=O) groups excluding carboxylic acids is 1. The van der Waals surface area contributed by atoms with Crippen molar-refractivity contribution in [2.24, 2.45) is 11.8 Å². The summed E-state index contributed by atoms with van der Waals surface area (Å²) in [5.74, 6) is 0.577. The Kier molecular flexibility index (Phi) is 3.78.